The van der Waals surface area contributed by atoms with E-state index < -0.39 is 0 Å². The fourth-order valence-electron chi connectivity index (χ4n) is 1.49. The predicted octanol–water partition coefficient (Wildman–Crippen LogP) is 2.25. The number of unbranched alkanes of at least 4 members (excludes halogenated alkanes) is 1. The molecule has 0 spiro atoms. The van der Waals surface area contributed by atoms with Gasteiger partial charge in [-0.05, 0) is 37.4 Å². The number of ether oxygens (including phenoxy) is 1. The maximum Gasteiger partial charge on any atom is 0.128 e. The van der Waals surface area contributed by atoms with Crippen molar-refractivity contribution >= 4 is 0 Å². The second kappa shape index (κ2) is 6.53. The molecule has 0 bridgehead atoms. The van der Waals surface area contributed by atoms with Crippen LogP contribution in [0.2, 0.25) is 0 Å². The Kier molecular flexibility index (Phi) is 5.29. The Morgan fingerprint density at radius 2 is 2.13 bits per heavy atom. The minimum atomic E-state index is -0.179. The van der Waals surface area contributed by atoms with Crippen molar-refractivity contribution in [1.29, 1.82) is 0 Å². The first-order valence-corrected chi connectivity index (χ1v) is 5.24. The molecule has 0 aliphatic rings. The standard InChI is InChI=1S/C12H18FNO/c1-15-9-11-6-5-10(8-12(11)13)4-2-3-7-14/h5-6,8H,2-4,7,9,14H2,1H3. The Labute approximate surface area is 90.2 Å². The molecule has 15 heavy (non-hydrogen) atoms. The fourth-order valence-corrected chi connectivity index (χ4v) is 1.49. The van der Waals surface area contributed by atoms with Gasteiger partial charge in [-0.2, -0.15) is 0 Å². The second-order valence-electron chi connectivity index (χ2n) is 3.60. The molecule has 0 radical (unpaired) electrons. The predicted molar refractivity (Wildman–Crippen MR) is 59.1 cm³/mol. The van der Waals surface area contributed by atoms with Gasteiger partial charge >= 0.3 is 0 Å². The lowest BCUT2D eigenvalue weighted by molar-refractivity contribution is 0.181. The molecule has 3 heteroatoms. The minimum Gasteiger partial charge on any atom is -0.380 e. The average molecular weight is 211 g/mol. The van der Waals surface area contributed by atoms with E-state index in [9.17, 15) is 4.39 Å². The highest BCUT2D eigenvalue weighted by atomic mass is 19.1. The lowest BCUT2D eigenvalue weighted by Crippen LogP contribution is -2.00. The zero-order chi connectivity index (χ0) is 11.1. The summed E-state index contributed by atoms with van der Waals surface area (Å²) in [6.07, 6.45) is 2.89. The lowest BCUT2D eigenvalue weighted by Gasteiger charge is -2.05. The van der Waals surface area contributed by atoms with Crippen molar-refractivity contribution < 1.29 is 9.13 Å². The summed E-state index contributed by atoms with van der Waals surface area (Å²) in [4.78, 5) is 0. The van der Waals surface area contributed by atoms with Gasteiger partial charge < -0.3 is 10.5 Å². The molecule has 84 valence electrons. The van der Waals surface area contributed by atoms with Gasteiger partial charge in [-0.15, -0.1) is 0 Å². The van der Waals surface area contributed by atoms with E-state index in [0.717, 1.165) is 24.8 Å². The van der Waals surface area contributed by atoms with Gasteiger partial charge in [-0.25, -0.2) is 4.39 Å². The number of hydrogen-bond donors (Lipinski definition) is 1. The van der Waals surface area contributed by atoms with E-state index in [4.69, 9.17) is 10.5 Å². The smallest absolute Gasteiger partial charge is 0.128 e. The molecule has 0 amide bonds. The fraction of sp³-hybridized carbons (Fsp3) is 0.500. The van der Waals surface area contributed by atoms with Crippen LogP contribution >= 0.6 is 0 Å². The van der Waals surface area contributed by atoms with Gasteiger partial charge in [0.2, 0.25) is 0 Å². The summed E-state index contributed by atoms with van der Waals surface area (Å²) in [5.41, 5.74) is 7.04. The molecule has 0 aromatic heterocycles. The van der Waals surface area contributed by atoms with Gasteiger partial charge in [0.25, 0.3) is 0 Å². The number of rotatable bonds is 6. The third kappa shape index (κ3) is 3.98. The zero-order valence-electron chi connectivity index (χ0n) is 9.13. The summed E-state index contributed by atoms with van der Waals surface area (Å²) in [5, 5.41) is 0. The van der Waals surface area contributed by atoms with E-state index in [1.807, 2.05) is 6.07 Å². The molecule has 0 atom stereocenters. The molecule has 0 aliphatic carbocycles. The first-order valence-electron chi connectivity index (χ1n) is 5.24. The quantitative estimate of drug-likeness (QED) is 0.732. The third-order valence-electron chi connectivity index (χ3n) is 2.34. The van der Waals surface area contributed by atoms with E-state index in [1.54, 1.807) is 19.2 Å². The van der Waals surface area contributed by atoms with Gasteiger partial charge in [0, 0.05) is 12.7 Å². The first-order chi connectivity index (χ1) is 7.27. The van der Waals surface area contributed by atoms with Crippen molar-refractivity contribution in [3.63, 3.8) is 0 Å². The van der Waals surface area contributed by atoms with Crippen LogP contribution in [0.25, 0.3) is 0 Å². The second-order valence-corrected chi connectivity index (χ2v) is 3.60. The van der Waals surface area contributed by atoms with E-state index in [1.165, 1.54) is 0 Å². The molecule has 0 heterocycles. The minimum absolute atomic E-state index is 0.179. The molecule has 1 rings (SSSR count). The Bertz CT molecular complexity index is 302. The Morgan fingerprint density at radius 1 is 1.33 bits per heavy atom. The number of benzene rings is 1. The van der Waals surface area contributed by atoms with Gasteiger partial charge in [0.15, 0.2) is 0 Å². The molecule has 2 nitrogen and oxygen atoms in total. The first kappa shape index (κ1) is 12.1. The van der Waals surface area contributed by atoms with Crippen LogP contribution in [0.3, 0.4) is 0 Å². The molecule has 2 N–H and O–H groups in total. The maximum absolute atomic E-state index is 13.4. The molecular weight excluding hydrogens is 193 g/mol. The van der Waals surface area contributed by atoms with Crippen molar-refractivity contribution in [2.45, 2.75) is 25.9 Å². The van der Waals surface area contributed by atoms with E-state index >= 15 is 0 Å². The van der Waals surface area contributed by atoms with Crippen LogP contribution in [-0.4, -0.2) is 13.7 Å². The average Bonchev–Trinajstić information content (AvgIpc) is 2.23. The molecule has 0 aliphatic heterocycles. The van der Waals surface area contributed by atoms with Crippen molar-refractivity contribution in [3.05, 3.63) is 35.1 Å². The van der Waals surface area contributed by atoms with Crippen molar-refractivity contribution in [3.8, 4) is 0 Å². The SMILES string of the molecule is COCc1ccc(CCCCN)cc1F. The lowest BCUT2D eigenvalue weighted by atomic mass is 10.1. The van der Waals surface area contributed by atoms with Crippen molar-refractivity contribution in [1.82, 2.24) is 0 Å². The Morgan fingerprint density at radius 3 is 2.73 bits per heavy atom. The number of halogens is 1. The molecule has 0 fully saturated rings. The normalized spacial score (nSPS) is 10.6. The number of hydrogen-bond acceptors (Lipinski definition) is 2. The van der Waals surface area contributed by atoms with E-state index in [2.05, 4.69) is 0 Å². The highest BCUT2D eigenvalue weighted by molar-refractivity contribution is 5.24. The maximum atomic E-state index is 13.4. The third-order valence-corrected chi connectivity index (χ3v) is 2.34. The monoisotopic (exact) mass is 211 g/mol. The van der Waals surface area contributed by atoms with Gasteiger partial charge in [-0.3, -0.25) is 0 Å². The number of nitrogens with two attached hydrogens (primary N) is 1. The highest BCUT2D eigenvalue weighted by Gasteiger charge is 2.02. The topological polar surface area (TPSA) is 35.2 Å². The van der Waals surface area contributed by atoms with Crippen LogP contribution in [0, 0.1) is 5.82 Å². The Balaban J connectivity index is 2.56. The summed E-state index contributed by atoms with van der Waals surface area (Å²) in [6, 6.07) is 5.33. The number of aryl methyl sites for hydroxylation is 1. The molecule has 0 saturated carbocycles. The summed E-state index contributed by atoms with van der Waals surface area (Å²) >= 11 is 0. The highest BCUT2D eigenvalue weighted by Crippen LogP contribution is 2.13. The van der Waals surface area contributed by atoms with Gasteiger partial charge in [0.05, 0.1) is 6.61 Å². The van der Waals surface area contributed by atoms with Crippen LogP contribution < -0.4 is 5.73 Å². The van der Waals surface area contributed by atoms with Crippen LogP contribution in [0.4, 0.5) is 4.39 Å². The van der Waals surface area contributed by atoms with Crippen molar-refractivity contribution in [2.75, 3.05) is 13.7 Å². The molecular formula is C12H18FNO. The van der Waals surface area contributed by atoms with Crippen LogP contribution in [0.1, 0.15) is 24.0 Å². The zero-order valence-corrected chi connectivity index (χ0v) is 9.13. The van der Waals surface area contributed by atoms with Crippen molar-refractivity contribution in [2.24, 2.45) is 5.73 Å². The van der Waals surface area contributed by atoms with Gasteiger partial charge in [0.1, 0.15) is 5.82 Å². The number of methoxy groups -OCH3 is 1. The summed E-state index contributed by atoms with van der Waals surface area (Å²) in [7, 11) is 1.56. The van der Waals surface area contributed by atoms with Crippen LogP contribution in [0.15, 0.2) is 18.2 Å². The molecule has 0 saturated heterocycles. The van der Waals surface area contributed by atoms with E-state index in [0.29, 0.717) is 18.7 Å². The molecule has 1 aromatic carbocycles. The van der Waals surface area contributed by atoms with E-state index in [-0.39, 0.29) is 5.82 Å². The van der Waals surface area contributed by atoms with Crippen LogP contribution in [0.5, 0.6) is 0 Å². The molecule has 1 aromatic rings. The summed E-state index contributed by atoms with van der Waals surface area (Å²) in [6.45, 7) is 1.03. The van der Waals surface area contributed by atoms with Gasteiger partial charge in [-0.1, -0.05) is 12.1 Å². The van der Waals surface area contributed by atoms with Crippen LogP contribution in [-0.2, 0) is 17.8 Å². The summed E-state index contributed by atoms with van der Waals surface area (Å²) in [5.74, 6) is -0.179. The molecule has 0 unspecified atom stereocenters. The summed E-state index contributed by atoms with van der Waals surface area (Å²) < 4.78 is 18.3. The Hall–Kier alpha value is -0.930. The largest absolute Gasteiger partial charge is 0.380 e.